The van der Waals surface area contributed by atoms with Crippen molar-refractivity contribution in [2.45, 2.75) is 39.4 Å². The molecule has 1 fully saturated rings. The minimum absolute atomic E-state index is 0.0513. The number of aryl methyl sites for hydroxylation is 1. The number of hydrogen-bond donors (Lipinski definition) is 3. The van der Waals surface area contributed by atoms with Gasteiger partial charge in [0.25, 0.3) is 5.89 Å². The van der Waals surface area contributed by atoms with E-state index in [1.54, 1.807) is 13.1 Å². The van der Waals surface area contributed by atoms with E-state index < -0.39 is 6.09 Å². The number of hydrogen-bond acceptors (Lipinski definition) is 8. The smallest absolute Gasteiger partial charge is 0.407 e. The Balaban J connectivity index is 1.30. The van der Waals surface area contributed by atoms with Gasteiger partial charge in [0.1, 0.15) is 5.82 Å². The standard InChI is InChI=1S/C23H26N8O3/c1-13-11-31(23(32)33)14(2)10-30(13)12-16-6-7-24-20(8-16)28-22-26-18-5-4-17(9-19(18)27-22)21-25-15(3)29-34-21/h4-9,13-14H,10-12H2,1-3H3,(H,32,33)(H2,24,26,27,28)/t13-,14+/m0/s1. The van der Waals surface area contributed by atoms with Crippen molar-refractivity contribution in [3.63, 3.8) is 0 Å². The number of fused-ring (bicyclic) bond motifs is 1. The Morgan fingerprint density at radius 3 is 2.82 bits per heavy atom. The number of H-pyrrole nitrogens is 1. The number of carboxylic acid groups (broad SMARTS) is 1. The van der Waals surface area contributed by atoms with E-state index in [-0.39, 0.29) is 12.1 Å². The Kier molecular flexibility index (Phi) is 5.62. The number of nitrogens with zero attached hydrogens (tertiary/aromatic N) is 6. The molecule has 0 radical (unpaired) electrons. The molecule has 34 heavy (non-hydrogen) atoms. The van der Waals surface area contributed by atoms with E-state index >= 15 is 0 Å². The summed E-state index contributed by atoms with van der Waals surface area (Å²) in [6.45, 7) is 7.67. The highest BCUT2D eigenvalue weighted by Crippen LogP contribution is 2.25. The molecule has 2 atom stereocenters. The van der Waals surface area contributed by atoms with Crippen molar-refractivity contribution in [2.24, 2.45) is 0 Å². The van der Waals surface area contributed by atoms with Gasteiger partial charge in [0.15, 0.2) is 5.82 Å². The first kappa shape index (κ1) is 21.8. The van der Waals surface area contributed by atoms with E-state index in [1.165, 1.54) is 4.90 Å². The lowest BCUT2D eigenvalue weighted by molar-refractivity contribution is 0.0397. The maximum atomic E-state index is 11.4. The van der Waals surface area contributed by atoms with Crippen molar-refractivity contribution in [1.82, 2.24) is 34.9 Å². The Labute approximate surface area is 195 Å². The molecule has 1 aliphatic heterocycles. The first-order chi connectivity index (χ1) is 16.4. The fourth-order valence-corrected chi connectivity index (χ4v) is 4.30. The average molecular weight is 463 g/mol. The van der Waals surface area contributed by atoms with Crippen molar-refractivity contribution in [1.29, 1.82) is 0 Å². The van der Waals surface area contributed by atoms with Crippen molar-refractivity contribution in [3.05, 3.63) is 47.9 Å². The second-order valence-corrected chi connectivity index (χ2v) is 8.70. The highest BCUT2D eigenvalue weighted by atomic mass is 16.5. The van der Waals surface area contributed by atoms with Crippen LogP contribution in [0.2, 0.25) is 0 Å². The molecule has 4 aromatic rings. The van der Waals surface area contributed by atoms with Gasteiger partial charge in [-0.2, -0.15) is 4.98 Å². The third kappa shape index (κ3) is 4.42. The third-order valence-corrected chi connectivity index (χ3v) is 6.07. The number of aromatic amines is 1. The van der Waals surface area contributed by atoms with Crippen LogP contribution >= 0.6 is 0 Å². The number of benzene rings is 1. The molecule has 11 nitrogen and oxygen atoms in total. The van der Waals surface area contributed by atoms with Gasteiger partial charge in [-0.1, -0.05) is 5.16 Å². The summed E-state index contributed by atoms with van der Waals surface area (Å²) >= 11 is 0. The Morgan fingerprint density at radius 2 is 2.06 bits per heavy atom. The molecule has 1 aliphatic rings. The number of nitrogens with one attached hydrogen (secondary N) is 2. The van der Waals surface area contributed by atoms with Crippen LogP contribution in [0.15, 0.2) is 41.1 Å². The highest BCUT2D eigenvalue weighted by Gasteiger charge is 2.31. The van der Waals surface area contributed by atoms with Gasteiger partial charge in [0, 0.05) is 43.5 Å². The zero-order valence-electron chi connectivity index (χ0n) is 19.2. The fourth-order valence-electron chi connectivity index (χ4n) is 4.30. The van der Waals surface area contributed by atoms with Crippen molar-refractivity contribution in [2.75, 3.05) is 18.4 Å². The first-order valence-corrected chi connectivity index (χ1v) is 11.1. The molecule has 1 saturated heterocycles. The number of anilines is 2. The number of imidazole rings is 1. The lowest BCUT2D eigenvalue weighted by atomic mass is 10.1. The van der Waals surface area contributed by atoms with E-state index in [1.807, 2.05) is 37.3 Å². The lowest BCUT2D eigenvalue weighted by Gasteiger charge is -2.42. The van der Waals surface area contributed by atoms with Gasteiger partial charge in [0.2, 0.25) is 5.95 Å². The lowest BCUT2D eigenvalue weighted by Crippen LogP contribution is -2.57. The molecule has 0 spiro atoms. The molecule has 5 rings (SSSR count). The highest BCUT2D eigenvalue weighted by molar-refractivity contribution is 5.82. The summed E-state index contributed by atoms with van der Waals surface area (Å²) in [4.78, 5) is 31.8. The van der Waals surface area contributed by atoms with Gasteiger partial charge in [-0.05, 0) is 56.7 Å². The Bertz CT molecular complexity index is 1330. The van der Waals surface area contributed by atoms with Gasteiger partial charge in [0.05, 0.1) is 11.0 Å². The summed E-state index contributed by atoms with van der Waals surface area (Å²) in [5.41, 5.74) is 3.55. The van der Waals surface area contributed by atoms with Crippen LogP contribution in [-0.4, -0.2) is 71.3 Å². The summed E-state index contributed by atoms with van der Waals surface area (Å²) < 4.78 is 5.25. The molecule has 0 aliphatic carbocycles. The maximum Gasteiger partial charge on any atom is 0.407 e. The van der Waals surface area contributed by atoms with Crippen LogP contribution in [0.5, 0.6) is 0 Å². The Hall–Kier alpha value is -3.99. The third-order valence-electron chi connectivity index (χ3n) is 6.07. The summed E-state index contributed by atoms with van der Waals surface area (Å²) in [7, 11) is 0. The predicted octanol–water partition coefficient (Wildman–Crippen LogP) is 3.63. The molecule has 1 amide bonds. The molecule has 0 saturated carbocycles. The number of pyridine rings is 1. The summed E-state index contributed by atoms with van der Waals surface area (Å²) in [6.07, 6.45) is 0.900. The fraction of sp³-hybridized carbons (Fsp3) is 0.348. The number of carbonyl (C=O) groups is 1. The Morgan fingerprint density at radius 1 is 1.21 bits per heavy atom. The minimum Gasteiger partial charge on any atom is -0.465 e. The van der Waals surface area contributed by atoms with Crippen LogP contribution in [0.3, 0.4) is 0 Å². The normalized spacial score (nSPS) is 19.0. The average Bonchev–Trinajstić information content (AvgIpc) is 3.41. The molecular weight excluding hydrogens is 436 g/mol. The first-order valence-electron chi connectivity index (χ1n) is 11.1. The van der Waals surface area contributed by atoms with Crippen LogP contribution in [-0.2, 0) is 6.54 Å². The van der Waals surface area contributed by atoms with Crippen molar-refractivity contribution in [3.8, 4) is 11.5 Å². The van der Waals surface area contributed by atoms with Crippen molar-refractivity contribution >= 4 is 28.9 Å². The molecule has 0 unspecified atom stereocenters. The van der Waals surface area contributed by atoms with Crippen LogP contribution in [0.4, 0.5) is 16.6 Å². The SMILES string of the molecule is Cc1noc(-c2ccc3nc(Nc4cc(CN5C[C@@H](C)N(C(=O)O)C[C@@H]5C)ccn4)[nH]c3c2)n1. The number of aromatic nitrogens is 5. The minimum atomic E-state index is -0.862. The molecule has 0 bridgehead atoms. The van der Waals surface area contributed by atoms with E-state index in [9.17, 15) is 9.90 Å². The molecule has 11 heteroatoms. The van der Waals surface area contributed by atoms with Crippen LogP contribution < -0.4 is 5.32 Å². The molecular formula is C23H26N8O3. The van der Waals surface area contributed by atoms with Gasteiger partial charge >= 0.3 is 6.09 Å². The summed E-state index contributed by atoms with van der Waals surface area (Å²) in [6, 6.07) is 9.75. The molecule has 3 N–H and O–H groups in total. The zero-order valence-corrected chi connectivity index (χ0v) is 19.2. The van der Waals surface area contributed by atoms with Crippen LogP contribution in [0, 0.1) is 6.92 Å². The van der Waals surface area contributed by atoms with Gasteiger partial charge < -0.3 is 24.8 Å². The second kappa shape index (κ2) is 8.75. The van der Waals surface area contributed by atoms with Crippen molar-refractivity contribution < 1.29 is 14.4 Å². The zero-order chi connectivity index (χ0) is 23.8. The largest absolute Gasteiger partial charge is 0.465 e. The van der Waals surface area contributed by atoms with Gasteiger partial charge in [-0.25, -0.2) is 14.8 Å². The van der Waals surface area contributed by atoms with Crippen LogP contribution in [0.25, 0.3) is 22.5 Å². The van der Waals surface area contributed by atoms with Gasteiger partial charge in [-0.3, -0.25) is 4.90 Å². The van der Waals surface area contributed by atoms with E-state index in [0.29, 0.717) is 43.1 Å². The van der Waals surface area contributed by atoms with E-state index in [2.05, 4.69) is 42.2 Å². The van der Waals surface area contributed by atoms with E-state index in [4.69, 9.17) is 4.52 Å². The molecule has 1 aromatic carbocycles. The second-order valence-electron chi connectivity index (χ2n) is 8.70. The summed E-state index contributed by atoms with van der Waals surface area (Å²) in [5.74, 6) is 2.30. The molecule has 3 aromatic heterocycles. The quantitative estimate of drug-likeness (QED) is 0.406. The van der Waals surface area contributed by atoms with E-state index in [0.717, 1.165) is 22.2 Å². The monoisotopic (exact) mass is 462 g/mol. The molecule has 4 heterocycles. The maximum absolute atomic E-state index is 11.4. The predicted molar refractivity (Wildman–Crippen MR) is 126 cm³/mol. The van der Waals surface area contributed by atoms with Crippen LogP contribution in [0.1, 0.15) is 25.2 Å². The molecule has 176 valence electrons. The topological polar surface area (TPSA) is 136 Å². The summed E-state index contributed by atoms with van der Waals surface area (Å²) in [5, 5.41) is 16.5. The number of rotatable bonds is 5. The number of amides is 1. The van der Waals surface area contributed by atoms with Gasteiger partial charge in [-0.15, -0.1) is 0 Å². The number of piperazine rings is 1.